The minimum atomic E-state index is -0.296. The summed E-state index contributed by atoms with van der Waals surface area (Å²) in [5.74, 6) is 1.48. The van der Waals surface area contributed by atoms with Crippen LogP contribution in [0.25, 0.3) is 23.0 Å². The lowest BCUT2D eigenvalue weighted by molar-refractivity contribution is 0.355. The monoisotopic (exact) mass is 381 g/mol. The highest BCUT2D eigenvalue weighted by Gasteiger charge is 2.15. The summed E-state index contributed by atoms with van der Waals surface area (Å²) >= 11 is 0. The Labute approximate surface area is 159 Å². The first-order chi connectivity index (χ1) is 13.7. The van der Waals surface area contributed by atoms with E-state index in [1.165, 1.54) is 12.1 Å². The van der Waals surface area contributed by atoms with Gasteiger partial charge < -0.3 is 14.0 Å². The number of rotatable bonds is 6. The molecule has 2 aromatic carbocycles. The molecule has 8 nitrogen and oxygen atoms in total. The Hall–Kier alpha value is -3.75. The molecule has 0 bridgehead atoms. The molecule has 0 spiro atoms. The molecule has 4 rings (SSSR count). The van der Waals surface area contributed by atoms with E-state index in [-0.39, 0.29) is 5.82 Å². The van der Waals surface area contributed by atoms with Crippen molar-refractivity contribution >= 4 is 0 Å². The Balaban J connectivity index is 1.56. The molecule has 142 valence electrons. The van der Waals surface area contributed by atoms with E-state index < -0.39 is 0 Å². The van der Waals surface area contributed by atoms with E-state index in [4.69, 9.17) is 14.0 Å². The Kier molecular flexibility index (Phi) is 4.71. The highest BCUT2D eigenvalue weighted by atomic mass is 19.1. The number of aromatic nitrogens is 5. The zero-order chi connectivity index (χ0) is 19.5. The molecule has 0 unspecified atom stereocenters. The van der Waals surface area contributed by atoms with E-state index in [9.17, 15) is 4.39 Å². The number of hydrogen-bond donors (Lipinski definition) is 0. The van der Waals surface area contributed by atoms with Crippen molar-refractivity contribution in [2.24, 2.45) is 0 Å². The lowest BCUT2D eigenvalue weighted by atomic mass is 10.2. The Bertz CT molecular complexity index is 1110. The van der Waals surface area contributed by atoms with Crippen LogP contribution in [0.1, 0.15) is 5.56 Å². The topological polar surface area (TPSA) is 88.1 Å². The van der Waals surface area contributed by atoms with Crippen molar-refractivity contribution in [1.29, 1.82) is 0 Å². The summed E-state index contributed by atoms with van der Waals surface area (Å²) in [4.78, 5) is 4.37. The molecule has 0 saturated heterocycles. The minimum Gasteiger partial charge on any atom is -0.493 e. The number of ether oxygens (including phenoxy) is 2. The summed E-state index contributed by atoms with van der Waals surface area (Å²) in [6, 6.07) is 11.6. The van der Waals surface area contributed by atoms with Gasteiger partial charge in [0.25, 0.3) is 5.89 Å². The molecule has 0 fully saturated rings. The van der Waals surface area contributed by atoms with E-state index in [1.807, 2.05) is 6.07 Å². The number of halogens is 1. The van der Waals surface area contributed by atoms with Crippen molar-refractivity contribution in [1.82, 2.24) is 25.1 Å². The zero-order valence-electron chi connectivity index (χ0n) is 15.2. The number of methoxy groups -OCH3 is 2. The first-order valence-corrected chi connectivity index (χ1v) is 8.37. The summed E-state index contributed by atoms with van der Waals surface area (Å²) in [6.45, 7) is 0.380. The smallest absolute Gasteiger partial charge is 0.258 e. The average Bonchev–Trinajstić information content (AvgIpc) is 3.37. The van der Waals surface area contributed by atoms with Gasteiger partial charge in [0.2, 0.25) is 5.82 Å². The lowest BCUT2D eigenvalue weighted by Gasteiger charge is -2.07. The van der Waals surface area contributed by atoms with E-state index in [1.54, 1.807) is 49.4 Å². The second-order valence-electron chi connectivity index (χ2n) is 5.92. The van der Waals surface area contributed by atoms with Crippen molar-refractivity contribution in [3.8, 4) is 34.5 Å². The van der Waals surface area contributed by atoms with E-state index >= 15 is 0 Å². The standard InChI is InChI=1S/C19H16FN5O3/c1-26-16-7-6-13(9-17(16)27-2)19-21-18(23-28-19)15-11-25(24-22-15)10-12-4-3-5-14(20)8-12/h3-9,11H,10H2,1-2H3. The van der Waals surface area contributed by atoms with Crippen LogP contribution < -0.4 is 9.47 Å². The normalized spacial score (nSPS) is 10.8. The van der Waals surface area contributed by atoms with Crippen molar-refractivity contribution < 1.29 is 18.4 Å². The molecule has 28 heavy (non-hydrogen) atoms. The molecule has 0 aliphatic carbocycles. The first kappa shape index (κ1) is 17.7. The molecular weight excluding hydrogens is 365 g/mol. The highest BCUT2D eigenvalue weighted by molar-refractivity contribution is 5.61. The fourth-order valence-electron chi connectivity index (χ4n) is 2.71. The molecule has 0 amide bonds. The molecule has 2 heterocycles. The van der Waals surface area contributed by atoms with E-state index in [0.717, 1.165) is 5.56 Å². The van der Waals surface area contributed by atoms with Gasteiger partial charge in [0, 0.05) is 5.56 Å². The predicted octanol–water partition coefficient (Wildman–Crippen LogP) is 3.20. The lowest BCUT2D eigenvalue weighted by Crippen LogP contribution is -2.00. The number of hydrogen-bond acceptors (Lipinski definition) is 7. The molecule has 0 aliphatic heterocycles. The molecule has 2 aromatic heterocycles. The Morgan fingerprint density at radius 1 is 1.07 bits per heavy atom. The van der Waals surface area contributed by atoms with Gasteiger partial charge in [-0.3, -0.25) is 0 Å². The maximum Gasteiger partial charge on any atom is 0.258 e. The molecule has 0 atom stereocenters. The predicted molar refractivity (Wildman–Crippen MR) is 97.4 cm³/mol. The van der Waals surface area contributed by atoms with Gasteiger partial charge in [-0.05, 0) is 35.9 Å². The molecule has 9 heteroatoms. The van der Waals surface area contributed by atoms with Crippen LogP contribution in [0.3, 0.4) is 0 Å². The molecule has 0 radical (unpaired) electrons. The largest absolute Gasteiger partial charge is 0.493 e. The van der Waals surface area contributed by atoms with Gasteiger partial charge >= 0.3 is 0 Å². The van der Waals surface area contributed by atoms with Crippen molar-refractivity contribution in [3.05, 3.63) is 60.0 Å². The average molecular weight is 381 g/mol. The van der Waals surface area contributed by atoms with Crippen molar-refractivity contribution in [2.45, 2.75) is 6.54 Å². The zero-order valence-corrected chi connectivity index (χ0v) is 15.2. The van der Waals surface area contributed by atoms with Crippen LogP contribution in [-0.2, 0) is 6.54 Å². The van der Waals surface area contributed by atoms with Crippen LogP contribution in [0, 0.1) is 5.82 Å². The fourth-order valence-corrected chi connectivity index (χ4v) is 2.71. The maximum absolute atomic E-state index is 13.3. The van der Waals surface area contributed by atoms with Gasteiger partial charge in [0.05, 0.1) is 27.0 Å². The van der Waals surface area contributed by atoms with Crippen molar-refractivity contribution in [2.75, 3.05) is 14.2 Å². The molecular formula is C19H16FN5O3. The number of nitrogens with zero attached hydrogens (tertiary/aromatic N) is 5. The van der Waals surface area contributed by atoms with Gasteiger partial charge in [0.1, 0.15) is 5.82 Å². The summed E-state index contributed by atoms with van der Waals surface area (Å²) in [5.41, 5.74) is 1.91. The summed E-state index contributed by atoms with van der Waals surface area (Å²) in [5, 5.41) is 12.1. The first-order valence-electron chi connectivity index (χ1n) is 8.37. The summed E-state index contributed by atoms with van der Waals surface area (Å²) in [7, 11) is 3.12. The van der Waals surface area contributed by atoms with Crippen LogP contribution in [0.4, 0.5) is 4.39 Å². The third-order valence-electron chi connectivity index (χ3n) is 4.06. The van der Waals surface area contributed by atoms with Crippen LogP contribution in [0.5, 0.6) is 11.5 Å². The van der Waals surface area contributed by atoms with Gasteiger partial charge in [-0.1, -0.05) is 22.5 Å². The maximum atomic E-state index is 13.3. The quantitative estimate of drug-likeness (QED) is 0.507. The van der Waals surface area contributed by atoms with Gasteiger partial charge in [-0.2, -0.15) is 4.98 Å². The Morgan fingerprint density at radius 2 is 1.93 bits per heavy atom. The third-order valence-corrected chi connectivity index (χ3v) is 4.06. The highest BCUT2D eigenvalue weighted by Crippen LogP contribution is 2.32. The second kappa shape index (κ2) is 7.47. The van der Waals surface area contributed by atoms with E-state index in [2.05, 4.69) is 20.5 Å². The van der Waals surface area contributed by atoms with Gasteiger partial charge in [0.15, 0.2) is 17.2 Å². The SMILES string of the molecule is COc1ccc(-c2nc(-c3cn(Cc4cccc(F)c4)nn3)no2)cc1OC. The van der Waals surface area contributed by atoms with Gasteiger partial charge in [-0.15, -0.1) is 5.10 Å². The summed E-state index contributed by atoms with van der Waals surface area (Å²) < 4.78 is 30.7. The summed E-state index contributed by atoms with van der Waals surface area (Å²) in [6.07, 6.45) is 1.67. The van der Waals surface area contributed by atoms with Crippen LogP contribution in [0.15, 0.2) is 53.2 Å². The van der Waals surface area contributed by atoms with Crippen LogP contribution >= 0.6 is 0 Å². The van der Waals surface area contributed by atoms with Crippen LogP contribution in [0.2, 0.25) is 0 Å². The van der Waals surface area contributed by atoms with Crippen LogP contribution in [-0.4, -0.2) is 39.4 Å². The minimum absolute atomic E-state index is 0.296. The molecule has 0 aliphatic rings. The molecule has 0 saturated carbocycles. The molecule has 0 N–H and O–H groups in total. The molecule has 4 aromatic rings. The van der Waals surface area contributed by atoms with Crippen molar-refractivity contribution in [3.63, 3.8) is 0 Å². The third kappa shape index (κ3) is 3.54. The fraction of sp³-hybridized carbons (Fsp3) is 0.158. The number of benzene rings is 2. The van der Waals surface area contributed by atoms with Gasteiger partial charge in [-0.25, -0.2) is 9.07 Å². The second-order valence-corrected chi connectivity index (χ2v) is 5.92. The Morgan fingerprint density at radius 3 is 2.71 bits per heavy atom. The van der Waals surface area contributed by atoms with E-state index in [0.29, 0.717) is 41.0 Å².